The van der Waals surface area contributed by atoms with E-state index in [1.807, 2.05) is 0 Å². The molecule has 0 radical (unpaired) electrons. The fourth-order valence-corrected chi connectivity index (χ4v) is 1.87. The van der Waals surface area contributed by atoms with Crippen LogP contribution < -0.4 is 11.2 Å². The third kappa shape index (κ3) is 1.87. The number of nitrogens with zero attached hydrogens (tertiary/aromatic N) is 1. The molecule has 0 amide bonds. The number of aryl methyl sites for hydroxylation is 1. The van der Waals surface area contributed by atoms with Gasteiger partial charge in [0.1, 0.15) is 18.0 Å². The Bertz CT molecular complexity index is 588. The second kappa shape index (κ2) is 4.43. The van der Waals surface area contributed by atoms with E-state index < -0.39 is 29.7 Å². The third-order valence-electron chi connectivity index (χ3n) is 2.89. The molecular formula is C11H14N2O5. The average Bonchev–Trinajstić information content (AvgIpc) is 2.60. The van der Waals surface area contributed by atoms with Crippen LogP contribution in [0.1, 0.15) is 11.8 Å². The van der Waals surface area contributed by atoms with E-state index >= 15 is 0 Å². The molecule has 7 nitrogen and oxygen atoms in total. The molecule has 1 fully saturated rings. The minimum atomic E-state index is -1.01. The van der Waals surface area contributed by atoms with E-state index in [1.54, 1.807) is 6.92 Å². The van der Waals surface area contributed by atoms with Crippen LogP contribution in [0, 0.1) is 6.92 Å². The molecule has 2 heterocycles. The Kier molecular flexibility index (Phi) is 3.10. The number of hydrogen-bond donors (Lipinski definition) is 2. The number of aliphatic hydroxyl groups excluding tert-OH is 1. The normalized spacial score (nSPS) is 27.3. The number of methoxy groups -OCH3 is 1. The van der Waals surface area contributed by atoms with Crippen LogP contribution in [0.3, 0.4) is 0 Å². The lowest BCUT2D eigenvalue weighted by Crippen LogP contribution is -2.38. The topological polar surface area (TPSA) is 93.6 Å². The molecule has 18 heavy (non-hydrogen) atoms. The number of aliphatic hydroxyl groups is 1. The van der Waals surface area contributed by atoms with Crippen LogP contribution in [0.4, 0.5) is 0 Å². The van der Waals surface area contributed by atoms with Crippen molar-refractivity contribution in [3.8, 4) is 0 Å². The van der Waals surface area contributed by atoms with E-state index in [9.17, 15) is 14.7 Å². The van der Waals surface area contributed by atoms with Gasteiger partial charge in [0.15, 0.2) is 0 Å². The van der Waals surface area contributed by atoms with Crippen LogP contribution in [-0.2, 0) is 9.47 Å². The summed E-state index contributed by atoms with van der Waals surface area (Å²) in [5.41, 5.74) is -0.720. The van der Waals surface area contributed by atoms with E-state index in [1.165, 1.54) is 17.9 Å². The highest BCUT2D eigenvalue weighted by Gasteiger charge is 2.41. The number of aromatic nitrogens is 2. The molecule has 3 atom stereocenters. The predicted molar refractivity (Wildman–Crippen MR) is 62.1 cm³/mol. The first-order valence-electron chi connectivity index (χ1n) is 5.34. The van der Waals surface area contributed by atoms with Crippen LogP contribution in [0.5, 0.6) is 0 Å². The molecule has 7 heteroatoms. The minimum Gasteiger partial charge on any atom is -0.469 e. The average molecular weight is 254 g/mol. The van der Waals surface area contributed by atoms with Gasteiger partial charge >= 0.3 is 5.69 Å². The standard InChI is InChI=1S/C11H14N2O5/c1-5-4-13(11(16)12-9(5)15)10-8(17-3)7(14)6(2)18-10/h4,7-8,10,14H,2H2,1,3H3,(H,12,15,16)/t7?,8-,10+/m0/s1. The summed E-state index contributed by atoms with van der Waals surface area (Å²) in [5, 5.41) is 9.77. The first-order chi connectivity index (χ1) is 8.45. The van der Waals surface area contributed by atoms with Crippen molar-refractivity contribution in [2.75, 3.05) is 7.11 Å². The van der Waals surface area contributed by atoms with Gasteiger partial charge in [-0.3, -0.25) is 14.3 Å². The lowest BCUT2D eigenvalue weighted by molar-refractivity contribution is -0.0430. The SMILES string of the molecule is C=C1O[C@@H](n2cc(C)c(=O)[nH]c2=O)[C@@H](OC)C1O. The Balaban J connectivity index is 2.49. The van der Waals surface area contributed by atoms with Gasteiger partial charge < -0.3 is 14.6 Å². The summed E-state index contributed by atoms with van der Waals surface area (Å²) in [5.74, 6) is 0.127. The van der Waals surface area contributed by atoms with Crippen LogP contribution in [-0.4, -0.2) is 34.0 Å². The first kappa shape index (κ1) is 12.6. The fraction of sp³-hybridized carbons (Fsp3) is 0.455. The number of rotatable bonds is 2. The van der Waals surface area contributed by atoms with Crippen molar-refractivity contribution in [1.29, 1.82) is 0 Å². The Labute approximate surface area is 102 Å². The summed E-state index contributed by atoms with van der Waals surface area (Å²) >= 11 is 0. The molecule has 1 aromatic heterocycles. The van der Waals surface area contributed by atoms with Crippen molar-refractivity contribution < 1.29 is 14.6 Å². The number of aromatic amines is 1. The summed E-state index contributed by atoms with van der Waals surface area (Å²) in [4.78, 5) is 25.2. The summed E-state index contributed by atoms with van der Waals surface area (Å²) in [6.07, 6.45) is -1.25. The summed E-state index contributed by atoms with van der Waals surface area (Å²) < 4.78 is 11.6. The van der Waals surface area contributed by atoms with E-state index in [2.05, 4.69) is 11.6 Å². The minimum absolute atomic E-state index is 0.127. The zero-order chi connectivity index (χ0) is 13.4. The van der Waals surface area contributed by atoms with E-state index in [0.717, 1.165) is 0 Å². The molecule has 98 valence electrons. The maximum Gasteiger partial charge on any atom is 0.331 e. The van der Waals surface area contributed by atoms with Gasteiger partial charge in [0.25, 0.3) is 5.56 Å². The molecule has 2 rings (SSSR count). The van der Waals surface area contributed by atoms with Gasteiger partial charge in [-0.15, -0.1) is 0 Å². The second-order valence-electron chi connectivity index (χ2n) is 4.10. The van der Waals surface area contributed by atoms with Gasteiger partial charge in [0.05, 0.1) is 0 Å². The van der Waals surface area contributed by atoms with Gasteiger partial charge in [0.2, 0.25) is 6.23 Å². The molecular weight excluding hydrogens is 240 g/mol. The maximum absolute atomic E-state index is 11.7. The first-order valence-corrected chi connectivity index (χ1v) is 5.34. The molecule has 2 N–H and O–H groups in total. The van der Waals surface area contributed by atoms with Crippen LogP contribution in [0.25, 0.3) is 0 Å². The molecule has 0 aromatic carbocycles. The molecule has 0 spiro atoms. The molecule has 1 unspecified atom stereocenters. The third-order valence-corrected chi connectivity index (χ3v) is 2.89. The highest BCUT2D eigenvalue weighted by atomic mass is 16.6. The Hall–Kier alpha value is -1.86. The maximum atomic E-state index is 11.7. The molecule has 1 aromatic rings. The summed E-state index contributed by atoms with van der Waals surface area (Å²) in [6, 6.07) is 0. The van der Waals surface area contributed by atoms with Crippen LogP contribution in [0.15, 0.2) is 28.1 Å². The molecule has 1 saturated heterocycles. The van der Waals surface area contributed by atoms with Crippen LogP contribution >= 0.6 is 0 Å². The number of hydrogen-bond acceptors (Lipinski definition) is 5. The van der Waals surface area contributed by atoms with E-state index in [0.29, 0.717) is 5.56 Å². The smallest absolute Gasteiger partial charge is 0.331 e. The Morgan fingerprint density at radius 1 is 1.56 bits per heavy atom. The quantitative estimate of drug-likeness (QED) is 0.725. The van der Waals surface area contributed by atoms with E-state index in [4.69, 9.17) is 9.47 Å². The summed E-state index contributed by atoms with van der Waals surface area (Å²) in [6.45, 7) is 5.11. The monoisotopic (exact) mass is 254 g/mol. The summed E-state index contributed by atoms with van der Waals surface area (Å²) in [7, 11) is 1.40. The Morgan fingerprint density at radius 3 is 2.83 bits per heavy atom. The predicted octanol–water partition coefficient (Wildman–Crippen LogP) is -0.737. The van der Waals surface area contributed by atoms with Gasteiger partial charge in [-0.1, -0.05) is 6.58 Å². The van der Waals surface area contributed by atoms with Crippen LogP contribution in [0.2, 0.25) is 0 Å². The van der Waals surface area contributed by atoms with Crippen molar-refractivity contribution in [2.24, 2.45) is 0 Å². The molecule has 1 aliphatic heterocycles. The molecule has 0 aliphatic carbocycles. The highest BCUT2D eigenvalue weighted by molar-refractivity contribution is 5.08. The highest BCUT2D eigenvalue weighted by Crippen LogP contribution is 2.31. The van der Waals surface area contributed by atoms with Crippen molar-refractivity contribution in [2.45, 2.75) is 25.4 Å². The zero-order valence-corrected chi connectivity index (χ0v) is 10.0. The van der Waals surface area contributed by atoms with Gasteiger partial charge in [0, 0.05) is 18.9 Å². The number of ether oxygens (including phenoxy) is 2. The molecule has 1 aliphatic rings. The number of nitrogens with one attached hydrogen (secondary N) is 1. The van der Waals surface area contributed by atoms with Crippen molar-refractivity contribution in [3.63, 3.8) is 0 Å². The Morgan fingerprint density at radius 2 is 2.22 bits per heavy atom. The van der Waals surface area contributed by atoms with E-state index in [-0.39, 0.29) is 5.76 Å². The van der Waals surface area contributed by atoms with Crippen molar-refractivity contribution in [1.82, 2.24) is 9.55 Å². The van der Waals surface area contributed by atoms with Gasteiger partial charge in [-0.2, -0.15) is 0 Å². The number of H-pyrrole nitrogens is 1. The second-order valence-corrected chi connectivity index (χ2v) is 4.10. The lowest BCUT2D eigenvalue weighted by Gasteiger charge is -2.19. The molecule has 0 bridgehead atoms. The van der Waals surface area contributed by atoms with Gasteiger partial charge in [-0.05, 0) is 6.92 Å². The zero-order valence-electron chi connectivity index (χ0n) is 10.0. The van der Waals surface area contributed by atoms with Gasteiger partial charge in [-0.25, -0.2) is 4.79 Å². The van der Waals surface area contributed by atoms with Crippen molar-refractivity contribution >= 4 is 0 Å². The lowest BCUT2D eigenvalue weighted by atomic mass is 10.2. The van der Waals surface area contributed by atoms with Crippen molar-refractivity contribution in [3.05, 3.63) is 44.9 Å². The largest absolute Gasteiger partial charge is 0.469 e. The molecule has 0 saturated carbocycles. The fourth-order valence-electron chi connectivity index (χ4n) is 1.87.